The largest absolute Gasteiger partial charge is 0.456 e. The van der Waals surface area contributed by atoms with Crippen LogP contribution in [-0.2, 0) is 0 Å². The summed E-state index contributed by atoms with van der Waals surface area (Å²) >= 11 is 0. The smallest absolute Gasteiger partial charge is 0.137 e. The maximum Gasteiger partial charge on any atom is 0.137 e. The molecule has 9 aromatic carbocycles. The summed E-state index contributed by atoms with van der Waals surface area (Å²) in [6.45, 7) is 0. The summed E-state index contributed by atoms with van der Waals surface area (Å²) in [4.78, 5) is 2.35. The van der Waals surface area contributed by atoms with Crippen LogP contribution in [0.15, 0.2) is 192 Å². The molecule has 0 spiro atoms. The van der Waals surface area contributed by atoms with Gasteiger partial charge in [-0.25, -0.2) is 0 Å². The highest BCUT2D eigenvalue weighted by Crippen LogP contribution is 2.44. The Morgan fingerprint density at radius 3 is 1.74 bits per heavy atom. The van der Waals surface area contributed by atoms with E-state index in [1.165, 1.54) is 54.6 Å². The van der Waals surface area contributed by atoms with E-state index in [0.717, 1.165) is 39.0 Å². The molecule has 1 heterocycles. The Morgan fingerprint density at radius 2 is 0.920 bits per heavy atom. The zero-order valence-corrected chi connectivity index (χ0v) is 27.3. The number of fused-ring (bicyclic) bond motifs is 8. The van der Waals surface area contributed by atoms with E-state index >= 15 is 0 Å². The zero-order chi connectivity index (χ0) is 33.0. The Labute approximate surface area is 290 Å². The lowest BCUT2D eigenvalue weighted by Crippen LogP contribution is -2.10. The monoisotopic (exact) mass is 637 g/mol. The standard InChI is InChI=1S/C48H31NO/c1-2-10-32(11-3-1)33-20-26-37(27-21-33)49(44-17-9-19-46-48(44)43-15-6-7-18-45(43)50-46)38-28-22-35(23-29-38)40-16-8-13-36-25-30-41-39-14-5-4-12-34(39)24-31-42(41)47(36)40/h1-31H. The minimum atomic E-state index is 0.876. The third-order valence-electron chi connectivity index (χ3n) is 10.1. The van der Waals surface area contributed by atoms with Crippen molar-refractivity contribution in [1.29, 1.82) is 0 Å². The first kappa shape index (κ1) is 28.4. The van der Waals surface area contributed by atoms with Crippen LogP contribution in [0.25, 0.3) is 76.5 Å². The number of para-hydroxylation sites is 1. The van der Waals surface area contributed by atoms with Crippen molar-refractivity contribution >= 4 is 71.3 Å². The molecule has 0 radical (unpaired) electrons. The minimum absolute atomic E-state index is 0.876. The van der Waals surface area contributed by atoms with Gasteiger partial charge in [-0.15, -0.1) is 0 Å². The fraction of sp³-hybridized carbons (Fsp3) is 0. The predicted octanol–water partition coefficient (Wildman–Crippen LogP) is 13.8. The van der Waals surface area contributed by atoms with E-state index in [4.69, 9.17) is 4.42 Å². The maximum atomic E-state index is 6.35. The van der Waals surface area contributed by atoms with Crippen LogP contribution in [0, 0.1) is 0 Å². The number of benzene rings is 9. The number of hydrogen-bond donors (Lipinski definition) is 0. The predicted molar refractivity (Wildman–Crippen MR) is 212 cm³/mol. The molecule has 0 bridgehead atoms. The molecule has 10 rings (SSSR count). The van der Waals surface area contributed by atoms with E-state index in [1.54, 1.807) is 0 Å². The van der Waals surface area contributed by atoms with E-state index in [1.807, 2.05) is 12.1 Å². The second-order valence-corrected chi connectivity index (χ2v) is 12.9. The molecule has 0 atom stereocenters. The minimum Gasteiger partial charge on any atom is -0.456 e. The molecule has 50 heavy (non-hydrogen) atoms. The second-order valence-electron chi connectivity index (χ2n) is 12.9. The van der Waals surface area contributed by atoms with Crippen LogP contribution in [0.4, 0.5) is 17.1 Å². The van der Waals surface area contributed by atoms with Crippen LogP contribution in [0.3, 0.4) is 0 Å². The molecule has 2 nitrogen and oxygen atoms in total. The molecule has 0 amide bonds. The molecule has 0 aliphatic carbocycles. The van der Waals surface area contributed by atoms with Gasteiger partial charge in [0.05, 0.1) is 11.1 Å². The Morgan fingerprint density at radius 1 is 0.320 bits per heavy atom. The number of anilines is 3. The summed E-state index contributed by atoms with van der Waals surface area (Å²) in [7, 11) is 0. The Bertz CT molecular complexity index is 2850. The summed E-state index contributed by atoms with van der Waals surface area (Å²) in [6, 6.07) is 67.5. The first-order chi connectivity index (χ1) is 24.8. The van der Waals surface area contributed by atoms with Gasteiger partial charge in [0.1, 0.15) is 11.2 Å². The molecule has 0 aliphatic rings. The van der Waals surface area contributed by atoms with Crippen molar-refractivity contribution in [3.8, 4) is 22.3 Å². The van der Waals surface area contributed by atoms with Crippen LogP contribution >= 0.6 is 0 Å². The SMILES string of the molecule is c1ccc(-c2ccc(N(c3ccc(-c4cccc5ccc6c7ccccc7ccc6c45)cc3)c3cccc4oc5ccccc5c34)cc2)cc1. The normalized spacial score (nSPS) is 11.6. The Hall–Kier alpha value is -6.64. The molecule has 2 heteroatoms. The number of nitrogens with zero attached hydrogens (tertiary/aromatic N) is 1. The Kier molecular flexibility index (Phi) is 6.53. The van der Waals surface area contributed by atoms with Crippen LogP contribution in [0.1, 0.15) is 0 Å². The summed E-state index contributed by atoms with van der Waals surface area (Å²) in [5.74, 6) is 0. The van der Waals surface area contributed by atoms with E-state index in [-0.39, 0.29) is 0 Å². The second kappa shape index (κ2) is 11.5. The third kappa shape index (κ3) is 4.57. The fourth-order valence-electron chi connectivity index (χ4n) is 7.71. The number of rotatable bonds is 5. The van der Waals surface area contributed by atoms with Gasteiger partial charge in [-0.2, -0.15) is 0 Å². The number of hydrogen-bond acceptors (Lipinski definition) is 2. The van der Waals surface area contributed by atoms with Gasteiger partial charge in [-0.05, 0) is 97.0 Å². The van der Waals surface area contributed by atoms with E-state index in [2.05, 4.69) is 181 Å². The lowest BCUT2D eigenvalue weighted by molar-refractivity contribution is 0.669. The van der Waals surface area contributed by atoms with E-state index in [0.29, 0.717) is 0 Å². The maximum absolute atomic E-state index is 6.35. The summed E-state index contributed by atoms with van der Waals surface area (Å²) in [6.07, 6.45) is 0. The van der Waals surface area contributed by atoms with Crippen molar-refractivity contribution in [2.45, 2.75) is 0 Å². The van der Waals surface area contributed by atoms with Crippen LogP contribution in [-0.4, -0.2) is 0 Å². The van der Waals surface area contributed by atoms with Crippen molar-refractivity contribution in [1.82, 2.24) is 0 Å². The van der Waals surface area contributed by atoms with Crippen molar-refractivity contribution in [3.05, 3.63) is 188 Å². The fourth-order valence-corrected chi connectivity index (χ4v) is 7.71. The molecule has 0 saturated heterocycles. The van der Waals surface area contributed by atoms with Crippen LogP contribution in [0.2, 0.25) is 0 Å². The van der Waals surface area contributed by atoms with Crippen molar-refractivity contribution in [2.75, 3.05) is 4.90 Å². The molecule has 1 aromatic heterocycles. The van der Waals surface area contributed by atoms with Gasteiger partial charge < -0.3 is 9.32 Å². The van der Waals surface area contributed by atoms with Crippen molar-refractivity contribution < 1.29 is 4.42 Å². The van der Waals surface area contributed by atoms with E-state index in [9.17, 15) is 0 Å². The lowest BCUT2D eigenvalue weighted by Gasteiger charge is -2.26. The van der Waals surface area contributed by atoms with Gasteiger partial charge >= 0.3 is 0 Å². The molecule has 0 aliphatic heterocycles. The number of furan rings is 1. The molecule has 0 fully saturated rings. The van der Waals surface area contributed by atoms with Crippen LogP contribution < -0.4 is 4.90 Å². The highest BCUT2D eigenvalue weighted by Gasteiger charge is 2.20. The Balaban J connectivity index is 1.14. The van der Waals surface area contributed by atoms with Gasteiger partial charge in [0.25, 0.3) is 0 Å². The molecule has 234 valence electrons. The zero-order valence-electron chi connectivity index (χ0n) is 27.3. The lowest BCUT2D eigenvalue weighted by atomic mass is 9.91. The molecule has 0 saturated carbocycles. The average molecular weight is 638 g/mol. The molecule has 10 aromatic rings. The molecular formula is C48H31NO. The first-order valence-electron chi connectivity index (χ1n) is 17.1. The van der Waals surface area contributed by atoms with Gasteiger partial charge in [-0.3, -0.25) is 0 Å². The van der Waals surface area contributed by atoms with Crippen molar-refractivity contribution in [3.63, 3.8) is 0 Å². The van der Waals surface area contributed by atoms with Crippen LogP contribution in [0.5, 0.6) is 0 Å². The molecule has 0 N–H and O–H groups in total. The van der Waals surface area contributed by atoms with Gasteiger partial charge in [0.2, 0.25) is 0 Å². The van der Waals surface area contributed by atoms with Crippen molar-refractivity contribution in [2.24, 2.45) is 0 Å². The first-order valence-corrected chi connectivity index (χ1v) is 17.1. The van der Waals surface area contributed by atoms with Gasteiger partial charge in [-0.1, -0.05) is 146 Å². The van der Waals surface area contributed by atoms with E-state index < -0.39 is 0 Å². The summed E-state index contributed by atoms with van der Waals surface area (Å²) < 4.78 is 6.35. The van der Waals surface area contributed by atoms with Gasteiger partial charge in [0.15, 0.2) is 0 Å². The van der Waals surface area contributed by atoms with Gasteiger partial charge in [0, 0.05) is 16.8 Å². The highest BCUT2D eigenvalue weighted by atomic mass is 16.3. The summed E-state index contributed by atoms with van der Waals surface area (Å²) in [5.41, 5.74) is 9.81. The summed E-state index contributed by atoms with van der Waals surface area (Å²) in [5, 5.41) is 9.84. The third-order valence-corrected chi connectivity index (χ3v) is 10.1. The molecule has 0 unspecified atom stereocenters. The molecular weight excluding hydrogens is 607 g/mol. The highest BCUT2D eigenvalue weighted by molar-refractivity contribution is 6.21. The quantitative estimate of drug-likeness (QED) is 0.175. The average Bonchev–Trinajstić information content (AvgIpc) is 3.58. The topological polar surface area (TPSA) is 16.4 Å².